The third kappa shape index (κ3) is 6.71. The molecule has 0 aromatic heterocycles. The summed E-state index contributed by atoms with van der Waals surface area (Å²) < 4.78 is 5.34. The second kappa shape index (κ2) is 11.0. The number of benzene rings is 3. The smallest absolute Gasteiger partial charge is 0.408 e. The van der Waals surface area contributed by atoms with Gasteiger partial charge in [-0.2, -0.15) is 0 Å². The maximum atomic E-state index is 13.2. The van der Waals surface area contributed by atoms with Crippen LogP contribution in [0.5, 0.6) is 0 Å². The number of carbonyl (C=O) groups is 2. The van der Waals surface area contributed by atoms with Gasteiger partial charge in [0, 0.05) is 20.0 Å². The fourth-order valence-electron chi connectivity index (χ4n) is 3.34. The Labute approximate surface area is 183 Å². The molecule has 31 heavy (non-hydrogen) atoms. The maximum absolute atomic E-state index is 13.2. The highest BCUT2D eigenvalue weighted by Crippen LogP contribution is 2.12. The van der Waals surface area contributed by atoms with Crippen molar-refractivity contribution in [2.75, 3.05) is 7.05 Å². The number of rotatable bonds is 8. The fraction of sp³-hybridized carbons (Fsp3) is 0.231. The third-order valence-electron chi connectivity index (χ3n) is 5.13. The first kappa shape index (κ1) is 22.1. The van der Waals surface area contributed by atoms with Gasteiger partial charge in [0.15, 0.2) is 0 Å². The van der Waals surface area contributed by atoms with Gasteiger partial charge in [-0.25, -0.2) is 4.79 Å². The monoisotopic (exact) mass is 416 g/mol. The molecule has 2 amide bonds. The maximum Gasteiger partial charge on any atom is 0.408 e. The summed E-state index contributed by atoms with van der Waals surface area (Å²) in [4.78, 5) is 27.3. The van der Waals surface area contributed by atoms with Crippen LogP contribution in [-0.4, -0.2) is 30.0 Å². The minimum atomic E-state index is -0.723. The molecule has 0 aliphatic heterocycles. The normalized spacial score (nSPS) is 11.4. The van der Waals surface area contributed by atoms with Crippen molar-refractivity contribution in [3.63, 3.8) is 0 Å². The molecule has 160 valence electrons. The number of aryl methyl sites for hydroxylation is 1. The Morgan fingerprint density at radius 1 is 0.871 bits per heavy atom. The average molecular weight is 417 g/mol. The summed E-state index contributed by atoms with van der Waals surface area (Å²) in [6.07, 6.45) is -0.222. The number of nitrogens with one attached hydrogen (secondary N) is 1. The molecule has 1 N–H and O–H groups in total. The molecule has 3 aromatic rings. The lowest BCUT2D eigenvalue weighted by molar-refractivity contribution is -0.132. The van der Waals surface area contributed by atoms with Crippen molar-refractivity contribution in [2.24, 2.45) is 0 Å². The number of hydrogen-bond acceptors (Lipinski definition) is 3. The van der Waals surface area contributed by atoms with Gasteiger partial charge in [-0.15, -0.1) is 0 Å². The second-order valence-electron chi connectivity index (χ2n) is 7.57. The van der Waals surface area contributed by atoms with Gasteiger partial charge in [-0.1, -0.05) is 84.9 Å². The third-order valence-corrected chi connectivity index (χ3v) is 5.13. The fourth-order valence-corrected chi connectivity index (χ4v) is 3.34. The first-order valence-electron chi connectivity index (χ1n) is 10.3. The van der Waals surface area contributed by atoms with Gasteiger partial charge in [-0.05, 0) is 29.2 Å². The Morgan fingerprint density at radius 3 is 2.10 bits per heavy atom. The van der Waals surface area contributed by atoms with Crippen molar-refractivity contribution in [1.82, 2.24) is 10.2 Å². The largest absolute Gasteiger partial charge is 0.445 e. The van der Waals surface area contributed by atoms with Crippen molar-refractivity contribution in [3.05, 3.63) is 107 Å². The molecule has 0 radical (unpaired) electrons. The first-order chi connectivity index (χ1) is 15.0. The second-order valence-corrected chi connectivity index (χ2v) is 7.57. The van der Waals surface area contributed by atoms with Crippen LogP contribution >= 0.6 is 0 Å². The topological polar surface area (TPSA) is 58.6 Å². The molecule has 3 rings (SSSR count). The molecule has 5 nitrogen and oxygen atoms in total. The average Bonchev–Trinajstić information content (AvgIpc) is 2.79. The summed E-state index contributed by atoms with van der Waals surface area (Å²) in [6.45, 7) is 2.64. The minimum Gasteiger partial charge on any atom is -0.445 e. The number of alkyl carbamates (subject to hydrolysis) is 1. The van der Waals surface area contributed by atoms with Crippen LogP contribution in [0.4, 0.5) is 4.79 Å². The molecular weight excluding hydrogens is 388 g/mol. The van der Waals surface area contributed by atoms with Crippen LogP contribution in [0.1, 0.15) is 22.3 Å². The van der Waals surface area contributed by atoms with Crippen LogP contribution < -0.4 is 5.32 Å². The predicted molar refractivity (Wildman–Crippen MR) is 121 cm³/mol. The van der Waals surface area contributed by atoms with Gasteiger partial charge in [-0.3, -0.25) is 4.79 Å². The lowest BCUT2D eigenvalue weighted by Crippen LogP contribution is -2.48. The summed E-state index contributed by atoms with van der Waals surface area (Å²) in [6, 6.07) is 26.3. The van der Waals surface area contributed by atoms with Gasteiger partial charge in [0.2, 0.25) is 5.91 Å². The van der Waals surface area contributed by atoms with Crippen molar-refractivity contribution < 1.29 is 14.3 Å². The van der Waals surface area contributed by atoms with Gasteiger partial charge in [0.25, 0.3) is 0 Å². The molecule has 0 aliphatic carbocycles. The van der Waals surface area contributed by atoms with E-state index in [4.69, 9.17) is 4.74 Å². The summed E-state index contributed by atoms with van der Waals surface area (Å²) in [7, 11) is 1.75. The molecule has 3 aromatic carbocycles. The quantitative estimate of drug-likeness (QED) is 0.589. The summed E-state index contributed by atoms with van der Waals surface area (Å²) in [5, 5.41) is 2.76. The molecule has 0 bridgehead atoms. The molecular formula is C26H28N2O3. The predicted octanol–water partition coefficient (Wildman–Crippen LogP) is 4.49. The lowest BCUT2D eigenvalue weighted by atomic mass is 10.0. The molecule has 1 atom stereocenters. The van der Waals surface area contributed by atoms with Gasteiger partial charge < -0.3 is 15.0 Å². The molecule has 0 saturated carbocycles. The standard InChI is InChI=1S/C26H28N2O3/c1-20-11-9-10-16-23(20)18-28(2)25(29)24(17-21-12-5-3-6-13-21)27-26(30)31-19-22-14-7-4-8-15-22/h3-16,24H,17-19H2,1-2H3,(H,27,30). The Balaban J connectivity index is 1.68. The number of ether oxygens (including phenoxy) is 1. The zero-order chi connectivity index (χ0) is 22.1. The number of likely N-dealkylation sites (N-methyl/N-ethyl adjacent to an activating group) is 1. The molecule has 0 spiro atoms. The van der Waals surface area contributed by atoms with Crippen molar-refractivity contribution in [3.8, 4) is 0 Å². The van der Waals surface area contributed by atoms with E-state index in [1.54, 1.807) is 11.9 Å². The minimum absolute atomic E-state index is 0.151. The summed E-state index contributed by atoms with van der Waals surface area (Å²) >= 11 is 0. The van der Waals surface area contributed by atoms with Crippen LogP contribution in [0.3, 0.4) is 0 Å². The lowest BCUT2D eigenvalue weighted by Gasteiger charge is -2.25. The van der Waals surface area contributed by atoms with E-state index in [1.165, 1.54) is 0 Å². The molecule has 0 fully saturated rings. The van der Waals surface area contributed by atoms with E-state index < -0.39 is 12.1 Å². The number of carbonyl (C=O) groups excluding carboxylic acids is 2. The molecule has 0 aliphatic rings. The van der Waals surface area contributed by atoms with Crippen LogP contribution in [0.25, 0.3) is 0 Å². The summed E-state index contributed by atoms with van der Waals surface area (Å²) in [5.74, 6) is -0.163. The number of nitrogens with zero attached hydrogens (tertiary/aromatic N) is 1. The van der Waals surface area contributed by atoms with E-state index in [0.717, 1.165) is 22.3 Å². The molecule has 1 unspecified atom stereocenters. The summed E-state index contributed by atoms with van der Waals surface area (Å²) in [5.41, 5.74) is 4.05. The van der Waals surface area contributed by atoms with Crippen molar-refractivity contribution in [2.45, 2.75) is 32.5 Å². The Morgan fingerprint density at radius 2 is 1.45 bits per heavy atom. The highest BCUT2D eigenvalue weighted by atomic mass is 16.5. The van der Waals surface area contributed by atoms with Crippen LogP contribution in [-0.2, 0) is 29.1 Å². The number of amides is 2. The van der Waals surface area contributed by atoms with Crippen LogP contribution in [0.2, 0.25) is 0 Å². The van der Waals surface area contributed by atoms with E-state index in [-0.39, 0.29) is 12.5 Å². The van der Waals surface area contributed by atoms with E-state index >= 15 is 0 Å². The SMILES string of the molecule is Cc1ccccc1CN(C)C(=O)C(Cc1ccccc1)NC(=O)OCc1ccccc1. The van der Waals surface area contributed by atoms with Crippen molar-refractivity contribution in [1.29, 1.82) is 0 Å². The van der Waals surface area contributed by atoms with E-state index in [9.17, 15) is 9.59 Å². The van der Waals surface area contributed by atoms with E-state index in [2.05, 4.69) is 5.32 Å². The Hall–Kier alpha value is -3.60. The van der Waals surface area contributed by atoms with Gasteiger partial charge >= 0.3 is 6.09 Å². The van der Waals surface area contributed by atoms with Crippen molar-refractivity contribution >= 4 is 12.0 Å². The van der Waals surface area contributed by atoms with Gasteiger partial charge in [0.05, 0.1) is 0 Å². The Bertz CT molecular complexity index is 990. The van der Waals surface area contributed by atoms with Gasteiger partial charge in [0.1, 0.15) is 12.6 Å². The Kier molecular flexibility index (Phi) is 7.82. The highest BCUT2D eigenvalue weighted by molar-refractivity contribution is 5.85. The highest BCUT2D eigenvalue weighted by Gasteiger charge is 2.25. The molecule has 0 heterocycles. The number of hydrogen-bond donors (Lipinski definition) is 1. The first-order valence-corrected chi connectivity index (χ1v) is 10.3. The zero-order valence-electron chi connectivity index (χ0n) is 18.0. The zero-order valence-corrected chi connectivity index (χ0v) is 18.0. The van der Waals surface area contributed by atoms with Crippen LogP contribution in [0, 0.1) is 6.92 Å². The van der Waals surface area contributed by atoms with E-state index in [1.807, 2.05) is 91.9 Å². The molecule has 5 heteroatoms. The van der Waals surface area contributed by atoms with E-state index in [0.29, 0.717) is 13.0 Å². The van der Waals surface area contributed by atoms with Crippen LogP contribution in [0.15, 0.2) is 84.9 Å². The molecule has 0 saturated heterocycles.